The fraction of sp³-hybridized carbons (Fsp3) is 0.778. The van der Waals surface area contributed by atoms with Crippen LogP contribution in [-0.4, -0.2) is 18.9 Å². The number of ether oxygens (including phenoxy) is 1. The molecule has 3 heteroatoms. The lowest BCUT2D eigenvalue weighted by molar-refractivity contribution is -0.153. The van der Waals surface area contributed by atoms with Crippen molar-refractivity contribution in [3.05, 3.63) is 0 Å². The molecule has 0 aromatic rings. The fourth-order valence-electron chi connectivity index (χ4n) is 0.845. The first-order valence-electron chi connectivity index (χ1n) is 4.05. The molecule has 0 saturated heterocycles. The third kappa shape index (κ3) is 3.03. The summed E-state index contributed by atoms with van der Waals surface area (Å²) < 4.78 is 4.75. The van der Waals surface area contributed by atoms with Crippen molar-refractivity contribution in [2.45, 2.75) is 27.7 Å². The molecule has 0 fully saturated rings. The van der Waals surface area contributed by atoms with E-state index in [0.29, 0.717) is 12.9 Å². The van der Waals surface area contributed by atoms with Crippen LogP contribution in [-0.2, 0) is 14.3 Å². The van der Waals surface area contributed by atoms with E-state index < -0.39 is 11.9 Å². The first-order chi connectivity index (χ1) is 5.43. The van der Waals surface area contributed by atoms with Gasteiger partial charge in [-0.3, -0.25) is 4.79 Å². The van der Waals surface area contributed by atoms with Gasteiger partial charge in [-0.15, -0.1) is 0 Å². The van der Waals surface area contributed by atoms with Gasteiger partial charge in [0.25, 0.3) is 0 Å². The minimum Gasteiger partial charge on any atom is -0.465 e. The van der Waals surface area contributed by atoms with Crippen molar-refractivity contribution in [2.24, 2.45) is 11.3 Å². The van der Waals surface area contributed by atoms with Crippen LogP contribution in [0.25, 0.3) is 0 Å². The Morgan fingerprint density at radius 1 is 1.50 bits per heavy atom. The van der Waals surface area contributed by atoms with Gasteiger partial charge in [0.2, 0.25) is 0 Å². The van der Waals surface area contributed by atoms with Gasteiger partial charge in [-0.2, -0.15) is 0 Å². The molecule has 0 saturated carbocycles. The van der Waals surface area contributed by atoms with Crippen LogP contribution in [0.5, 0.6) is 0 Å². The summed E-state index contributed by atoms with van der Waals surface area (Å²) in [7, 11) is 0. The highest BCUT2D eigenvalue weighted by Gasteiger charge is 2.31. The molecule has 0 amide bonds. The van der Waals surface area contributed by atoms with Gasteiger partial charge in [0, 0.05) is 0 Å². The maximum atomic E-state index is 11.2. The summed E-state index contributed by atoms with van der Waals surface area (Å²) in [6.07, 6.45) is 0.651. The topological polar surface area (TPSA) is 43.4 Å². The van der Waals surface area contributed by atoms with E-state index in [1.807, 2.05) is 20.8 Å². The highest BCUT2D eigenvalue weighted by atomic mass is 16.5. The Bertz CT molecular complexity index is 167. The molecule has 0 heterocycles. The van der Waals surface area contributed by atoms with Crippen LogP contribution >= 0.6 is 0 Å². The van der Waals surface area contributed by atoms with Crippen LogP contribution in [0.1, 0.15) is 27.7 Å². The molecule has 0 N–H and O–H groups in total. The Balaban J connectivity index is 4.35. The Kier molecular flexibility index (Phi) is 3.93. The van der Waals surface area contributed by atoms with E-state index in [9.17, 15) is 9.59 Å². The number of esters is 1. The molecule has 0 aromatic carbocycles. The molecule has 12 heavy (non-hydrogen) atoms. The SMILES string of the molecule is CCOC(=O)[C@@H](C=O)C(C)(C)C. The first kappa shape index (κ1) is 11.1. The number of hydrogen-bond acceptors (Lipinski definition) is 3. The summed E-state index contributed by atoms with van der Waals surface area (Å²) in [6.45, 7) is 7.55. The van der Waals surface area contributed by atoms with Gasteiger partial charge >= 0.3 is 5.97 Å². The molecule has 0 unspecified atom stereocenters. The average Bonchev–Trinajstić information content (AvgIpc) is 1.85. The number of rotatable bonds is 3. The smallest absolute Gasteiger partial charge is 0.316 e. The highest BCUT2D eigenvalue weighted by molar-refractivity contribution is 5.88. The van der Waals surface area contributed by atoms with Gasteiger partial charge in [-0.25, -0.2) is 0 Å². The van der Waals surface area contributed by atoms with Crippen molar-refractivity contribution in [1.82, 2.24) is 0 Å². The molecule has 0 aliphatic carbocycles. The van der Waals surface area contributed by atoms with Crippen molar-refractivity contribution in [1.29, 1.82) is 0 Å². The molecule has 1 atom stereocenters. The largest absolute Gasteiger partial charge is 0.465 e. The maximum Gasteiger partial charge on any atom is 0.316 e. The molecule has 0 aliphatic heterocycles. The van der Waals surface area contributed by atoms with E-state index in [0.717, 1.165) is 0 Å². The first-order valence-corrected chi connectivity index (χ1v) is 4.05. The van der Waals surface area contributed by atoms with Crippen molar-refractivity contribution in [2.75, 3.05) is 6.61 Å². The number of aldehydes is 1. The molecule has 0 rings (SSSR count). The van der Waals surface area contributed by atoms with E-state index in [1.54, 1.807) is 6.92 Å². The number of carbonyl (C=O) groups excluding carboxylic acids is 2. The lowest BCUT2D eigenvalue weighted by Crippen LogP contribution is -2.31. The van der Waals surface area contributed by atoms with Crippen LogP contribution in [0.2, 0.25) is 0 Å². The predicted molar refractivity (Wildman–Crippen MR) is 45.6 cm³/mol. The molecular formula is C9H16O3. The summed E-state index contributed by atoms with van der Waals surface area (Å²) in [5, 5.41) is 0. The molecule has 3 nitrogen and oxygen atoms in total. The van der Waals surface area contributed by atoms with Crippen LogP contribution in [0.4, 0.5) is 0 Å². The van der Waals surface area contributed by atoms with Crippen LogP contribution in [0, 0.1) is 11.3 Å². The third-order valence-corrected chi connectivity index (χ3v) is 1.61. The Labute approximate surface area is 73.1 Å². The van der Waals surface area contributed by atoms with E-state index in [1.165, 1.54) is 0 Å². The minimum atomic E-state index is -0.655. The maximum absolute atomic E-state index is 11.2. The van der Waals surface area contributed by atoms with Crippen molar-refractivity contribution in [3.63, 3.8) is 0 Å². The monoisotopic (exact) mass is 172 g/mol. The zero-order valence-corrected chi connectivity index (χ0v) is 8.09. The second kappa shape index (κ2) is 4.24. The second-order valence-electron chi connectivity index (χ2n) is 3.73. The normalized spacial score (nSPS) is 13.7. The van der Waals surface area contributed by atoms with Gasteiger partial charge in [0.15, 0.2) is 0 Å². The molecule has 0 bridgehead atoms. The van der Waals surface area contributed by atoms with Gasteiger partial charge in [0.1, 0.15) is 12.2 Å². The zero-order chi connectivity index (χ0) is 9.78. The van der Waals surface area contributed by atoms with E-state index in [-0.39, 0.29) is 5.41 Å². The molecule has 70 valence electrons. The summed E-state index contributed by atoms with van der Waals surface area (Å²) in [5.74, 6) is -1.09. The summed E-state index contributed by atoms with van der Waals surface area (Å²) in [6, 6.07) is 0. The Morgan fingerprint density at radius 2 is 2.00 bits per heavy atom. The van der Waals surface area contributed by atoms with Gasteiger partial charge in [-0.1, -0.05) is 20.8 Å². The summed E-state index contributed by atoms with van der Waals surface area (Å²) >= 11 is 0. The van der Waals surface area contributed by atoms with Gasteiger partial charge in [-0.05, 0) is 12.3 Å². The van der Waals surface area contributed by atoms with Crippen LogP contribution in [0.15, 0.2) is 0 Å². The van der Waals surface area contributed by atoms with Gasteiger partial charge < -0.3 is 9.53 Å². The lowest BCUT2D eigenvalue weighted by Gasteiger charge is -2.23. The lowest BCUT2D eigenvalue weighted by atomic mass is 9.82. The number of hydrogen-bond donors (Lipinski definition) is 0. The van der Waals surface area contributed by atoms with E-state index in [2.05, 4.69) is 0 Å². The van der Waals surface area contributed by atoms with E-state index >= 15 is 0 Å². The van der Waals surface area contributed by atoms with Crippen molar-refractivity contribution >= 4 is 12.3 Å². The highest BCUT2D eigenvalue weighted by Crippen LogP contribution is 2.24. The summed E-state index contributed by atoms with van der Waals surface area (Å²) in [5.41, 5.74) is -0.353. The van der Waals surface area contributed by atoms with Crippen molar-refractivity contribution in [3.8, 4) is 0 Å². The van der Waals surface area contributed by atoms with Crippen LogP contribution < -0.4 is 0 Å². The molecule has 0 aromatic heterocycles. The molecule has 0 spiro atoms. The Morgan fingerprint density at radius 3 is 2.25 bits per heavy atom. The second-order valence-corrected chi connectivity index (χ2v) is 3.73. The van der Waals surface area contributed by atoms with Gasteiger partial charge in [0.05, 0.1) is 6.61 Å². The number of carbonyl (C=O) groups is 2. The van der Waals surface area contributed by atoms with Crippen molar-refractivity contribution < 1.29 is 14.3 Å². The molecule has 0 radical (unpaired) electrons. The quantitative estimate of drug-likeness (QED) is 0.367. The molecule has 0 aliphatic rings. The predicted octanol–water partition coefficient (Wildman–Crippen LogP) is 1.41. The average molecular weight is 172 g/mol. The molecular weight excluding hydrogens is 156 g/mol. The zero-order valence-electron chi connectivity index (χ0n) is 8.09. The minimum absolute atomic E-state index is 0.319. The summed E-state index contributed by atoms with van der Waals surface area (Å²) in [4.78, 5) is 21.7. The van der Waals surface area contributed by atoms with Crippen LogP contribution in [0.3, 0.4) is 0 Å². The van der Waals surface area contributed by atoms with E-state index in [4.69, 9.17) is 4.74 Å². The Hall–Kier alpha value is -0.860. The fourth-order valence-corrected chi connectivity index (χ4v) is 0.845. The third-order valence-electron chi connectivity index (χ3n) is 1.61. The standard InChI is InChI=1S/C9H16O3/c1-5-12-8(11)7(6-10)9(2,3)4/h6-7H,5H2,1-4H3/t7-/m1/s1.